The van der Waals surface area contributed by atoms with E-state index in [4.69, 9.17) is 15.2 Å². The van der Waals surface area contributed by atoms with Gasteiger partial charge in [-0.05, 0) is 19.4 Å². The van der Waals surface area contributed by atoms with E-state index in [0.29, 0.717) is 0 Å². The van der Waals surface area contributed by atoms with E-state index in [9.17, 15) is 9.59 Å². The minimum Gasteiger partial charge on any atom is -0.463 e. The molecule has 22 heavy (non-hydrogen) atoms. The monoisotopic (exact) mass is 308 g/mol. The summed E-state index contributed by atoms with van der Waals surface area (Å²) in [6, 6.07) is 7.98. The Hall–Kier alpha value is -1.92. The van der Waals surface area contributed by atoms with Crippen molar-refractivity contribution in [2.75, 3.05) is 13.7 Å². The molecule has 1 aromatic carbocycles. The zero-order valence-corrected chi connectivity index (χ0v) is 13.2. The Balaban J connectivity index is 2.79. The zero-order chi connectivity index (χ0) is 16.5. The summed E-state index contributed by atoms with van der Waals surface area (Å²) in [5.41, 5.74) is 6.53. The summed E-state index contributed by atoms with van der Waals surface area (Å²) in [6.07, 6.45) is -0.149. The largest absolute Gasteiger partial charge is 0.463 e. The number of amides is 1. The Morgan fingerprint density at radius 2 is 1.86 bits per heavy atom. The summed E-state index contributed by atoms with van der Waals surface area (Å²) in [5, 5.41) is 2.78. The van der Waals surface area contributed by atoms with E-state index >= 15 is 0 Å². The molecule has 2 unspecified atom stereocenters. The van der Waals surface area contributed by atoms with Crippen LogP contribution in [0, 0.1) is 0 Å². The van der Waals surface area contributed by atoms with Crippen molar-refractivity contribution < 1.29 is 19.1 Å². The summed E-state index contributed by atoms with van der Waals surface area (Å²) in [6.45, 7) is 3.68. The van der Waals surface area contributed by atoms with E-state index in [0.717, 1.165) is 5.56 Å². The van der Waals surface area contributed by atoms with Crippen molar-refractivity contribution in [1.82, 2.24) is 5.32 Å². The Bertz CT molecular complexity index is 476. The van der Waals surface area contributed by atoms with Crippen LogP contribution in [0.4, 0.5) is 0 Å². The normalized spacial score (nSPS) is 13.5. The molecule has 0 aliphatic heterocycles. The van der Waals surface area contributed by atoms with E-state index in [1.54, 1.807) is 13.8 Å². The molecule has 0 spiro atoms. The van der Waals surface area contributed by atoms with Crippen molar-refractivity contribution in [3.8, 4) is 0 Å². The third kappa shape index (κ3) is 6.24. The maximum atomic E-state index is 12.1. The molecule has 2 atom stereocenters. The van der Waals surface area contributed by atoms with Crippen LogP contribution in [0.1, 0.15) is 31.9 Å². The highest BCUT2D eigenvalue weighted by molar-refractivity contribution is 5.82. The van der Waals surface area contributed by atoms with E-state index in [1.165, 1.54) is 7.11 Å². The number of ether oxygens (including phenoxy) is 2. The van der Waals surface area contributed by atoms with Gasteiger partial charge in [-0.2, -0.15) is 0 Å². The van der Waals surface area contributed by atoms with Crippen molar-refractivity contribution in [2.45, 2.75) is 38.5 Å². The number of methoxy groups -OCH3 is 1. The van der Waals surface area contributed by atoms with Crippen LogP contribution in [-0.4, -0.2) is 37.7 Å². The molecule has 0 aromatic heterocycles. The first-order chi connectivity index (χ1) is 10.4. The number of benzene rings is 1. The van der Waals surface area contributed by atoms with Crippen LogP contribution in [0.15, 0.2) is 30.3 Å². The van der Waals surface area contributed by atoms with Crippen LogP contribution in [0.3, 0.4) is 0 Å². The van der Waals surface area contributed by atoms with E-state index < -0.39 is 12.1 Å². The maximum Gasteiger partial charge on any atom is 0.308 e. The molecular formula is C16H24N2O4. The molecule has 122 valence electrons. The first-order valence-corrected chi connectivity index (χ1v) is 7.23. The van der Waals surface area contributed by atoms with Gasteiger partial charge < -0.3 is 20.5 Å². The smallest absolute Gasteiger partial charge is 0.308 e. The number of hydrogen-bond acceptors (Lipinski definition) is 5. The van der Waals surface area contributed by atoms with E-state index in [-0.39, 0.29) is 31.0 Å². The Kier molecular flexibility index (Phi) is 7.56. The van der Waals surface area contributed by atoms with Crippen LogP contribution < -0.4 is 11.1 Å². The molecule has 0 fully saturated rings. The minimum absolute atomic E-state index is 0.0492. The van der Waals surface area contributed by atoms with Gasteiger partial charge in [-0.3, -0.25) is 9.59 Å². The minimum atomic E-state index is -0.780. The van der Waals surface area contributed by atoms with Gasteiger partial charge in [0, 0.05) is 7.11 Å². The topological polar surface area (TPSA) is 90.6 Å². The molecule has 0 saturated heterocycles. The fraction of sp³-hybridized carbons (Fsp3) is 0.500. The zero-order valence-electron chi connectivity index (χ0n) is 13.2. The van der Waals surface area contributed by atoms with E-state index in [2.05, 4.69) is 5.32 Å². The van der Waals surface area contributed by atoms with Gasteiger partial charge in [0.05, 0.1) is 25.2 Å². The van der Waals surface area contributed by atoms with Gasteiger partial charge >= 0.3 is 5.97 Å². The predicted molar refractivity (Wildman–Crippen MR) is 83.0 cm³/mol. The Labute approximate surface area is 131 Å². The van der Waals surface area contributed by atoms with Gasteiger partial charge in [0.1, 0.15) is 6.04 Å². The third-order valence-electron chi connectivity index (χ3n) is 2.94. The second kappa shape index (κ2) is 9.17. The third-order valence-corrected chi connectivity index (χ3v) is 2.94. The number of carbonyl (C=O) groups excluding carboxylic acids is 2. The molecule has 3 N–H and O–H groups in total. The Morgan fingerprint density at radius 1 is 1.23 bits per heavy atom. The van der Waals surface area contributed by atoms with Gasteiger partial charge in [0.2, 0.25) is 5.91 Å². The molecule has 6 heteroatoms. The summed E-state index contributed by atoms with van der Waals surface area (Å²) >= 11 is 0. The first-order valence-electron chi connectivity index (χ1n) is 7.23. The number of nitrogens with two attached hydrogens (primary N) is 1. The fourth-order valence-corrected chi connectivity index (χ4v) is 1.95. The number of esters is 1. The van der Waals surface area contributed by atoms with Crippen molar-refractivity contribution >= 4 is 11.9 Å². The van der Waals surface area contributed by atoms with Gasteiger partial charge in [0.25, 0.3) is 0 Å². The lowest BCUT2D eigenvalue weighted by Crippen LogP contribution is -2.45. The lowest BCUT2D eigenvalue weighted by molar-refractivity contribution is -0.148. The maximum absolute atomic E-state index is 12.1. The van der Waals surface area contributed by atoms with Crippen LogP contribution in [-0.2, 0) is 19.1 Å². The van der Waals surface area contributed by atoms with Crippen LogP contribution in [0.5, 0.6) is 0 Å². The van der Waals surface area contributed by atoms with Crippen LogP contribution in [0.25, 0.3) is 0 Å². The van der Waals surface area contributed by atoms with Crippen molar-refractivity contribution in [2.24, 2.45) is 5.73 Å². The summed E-state index contributed by atoms with van der Waals surface area (Å²) in [7, 11) is 1.47. The van der Waals surface area contributed by atoms with Crippen LogP contribution in [0.2, 0.25) is 0 Å². The molecule has 0 saturated carbocycles. The van der Waals surface area contributed by atoms with Crippen molar-refractivity contribution in [3.63, 3.8) is 0 Å². The van der Waals surface area contributed by atoms with E-state index in [1.807, 2.05) is 30.3 Å². The van der Waals surface area contributed by atoms with Crippen molar-refractivity contribution in [3.05, 3.63) is 35.9 Å². The SMILES string of the molecule is COCC(N)C(=O)NC(CC(=O)OC(C)C)c1ccccc1. The molecule has 1 amide bonds. The number of hydrogen-bond donors (Lipinski definition) is 2. The molecule has 0 heterocycles. The first kappa shape index (κ1) is 18.1. The molecule has 0 radical (unpaired) electrons. The van der Waals surface area contributed by atoms with Gasteiger partial charge in [-0.25, -0.2) is 0 Å². The molecular weight excluding hydrogens is 284 g/mol. The quantitative estimate of drug-likeness (QED) is 0.703. The summed E-state index contributed by atoms with van der Waals surface area (Å²) in [4.78, 5) is 23.9. The molecule has 1 rings (SSSR count). The average Bonchev–Trinajstić information content (AvgIpc) is 2.46. The van der Waals surface area contributed by atoms with Crippen LogP contribution >= 0.6 is 0 Å². The highest BCUT2D eigenvalue weighted by atomic mass is 16.5. The molecule has 0 aliphatic carbocycles. The highest BCUT2D eigenvalue weighted by Crippen LogP contribution is 2.17. The number of nitrogens with one attached hydrogen (secondary N) is 1. The van der Waals surface area contributed by atoms with Gasteiger partial charge in [0.15, 0.2) is 0 Å². The summed E-state index contributed by atoms with van der Waals surface area (Å²) < 4.78 is 10.0. The lowest BCUT2D eigenvalue weighted by Gasteiger charge is -2.21. The number of carbonyl (C=O) groups is 2. The second-order valence-corrected chi connectivity index (χ2v) is 5.28. The fourth-order valence-electron chi connectivity index (χ4n) is 1.95. The predicted octanol–water partition coefficient (Wildman–Crippen LogP) is 1.16. The summed E-state index contributed by atoms with van der Waals surface area (Å²) in [5.74, 6) is -0.738. The number of rotatable bonds is 8. The highest BCUT2D eigenvalue weighted by Gasteiger charge is 2.22. The average molecular weight is 308 g/mol. The van der Waals surface area contributed by atoms with Gasteiger partial charge in [-0.1, -0.05) is 30.3 Å². The standard InChI is InChI=1S/C16H24N2O4/c1-11(2)22-15(19)9-14(12-7-5-4-6-8-12)18-16(20)13(17)10-21-3/h4-8,11,13-14H,9-10,17H2,1-3H3,(H,18,20). The lowest BCUT2D eigenvalue weighted by atomic mass is 10.0. The van der Waals surface area contributed by atoms with Crippen molar-refractivity contribution in [1.29, 1.82) is 0 Å². The Morgan fingerprint density at radius 3 is 2.41 bits per heavy atom. The molecule has 0 aliphatic rings. The molecule has 6 nitrogen and oxygen atoms in total. The second-order valence-electron chi connectivity index (χ2n) is 5.28. The van der Waals surface area contributed by atoms with Gasteiger partial charge in [-0.15, -0.1) is 0 Å². The molecule has 0 bridgehead atoms. The molecule has 1 aromatic rings.